The van der Waals surface area contributed by atoms with Crippen LogP contribution in [0.2, 0.25) is 0 Å². The number of esters is 5. The maximum atomic E-state index is 14.3. The molecule has 0 radical (unpaired) electrons. The standard InChI is InChI=1S/C54H48O16/c55-31-40-42(56)44(66-49(58)36-23-11-3-12-24-36)46(68-51(60)38-27-15-5-16-28-38)54(64-40)70-43-41(33-62-48(57)35-21-9-2-10-22-35)65-53(63-32-34-19-7-1-8-20-34)47(69-52(61)39-29-17-6-18-30-39)45(43)67-50(59)37-25-13-4-14-26-37/h1-30,40-47,53-56H,31-33H2/t40?,41?,42-,43+,44?,45?,46?,47?,53+,54-/m0/s1. The lowest BCUT2D eigenvalue weighted by atomic mass is 9.96. The largest absolute Gasteiger partial charge is 0.459 e. The molecule has 2 aliphatic rings. The van der Waals surface area contributed by atoms with E-state index in [4.69, 9.17) is 42.6 Å². The molecule has 0 aromatic heterocycles. The van der Waals surface area contributed by atoms with Gasteiger partial charge in [0.15, 0.2) is 37.0 Å². The molecule has 6 aromatic rings. The van der Waals surface area contributed by atoms with E-state index in [0.29, 0.717) is 5.56 Å². The summed E-state index contributed by atoms with van der Waals surface area (Å²) in [6, 6.07) is 48.5. The number of ether oxygens (including phenoxy) is 9. The van der Waals surface area contributed by atoms with Gasteiger partial charge in [0.05, 0.1) is 41.0 Å². The number of hydrogen-bond donors (Lipinski definition) is 2. The minimum atomic E-state index is -1.91. The van der Waals surface area contributed by atoms with Crippen LogP contribution in [0.3, 0.4) is 0 Å². The molecule has 0 aliphatic carbocycles. The summed E-state index contributed by atoms with van der Waals surface area (Å²) in [4.78, 5) is 69.7. The fraction of sp³-hybridized carbons (Fsp3) is 0.241. The van der Waals surface area contributed by atoms with E-state index in [9.17, 15) is 34.2 Å². The molecule has 2 saturated heterocycles. The van der Waals surface area contributed by atoms with E-state index in [0.717, 1.165) is 0 Å². The Morgan fingerprint density at radius 2 is 0.771 bits per heavy atom. The van der Waals surface area contributed by atoms with Crippen molar-refractivity contribution in [3.8, 4) is 0 Å². The van der Waals surface area contributed by atoms with Crippen LogP contribution in [0.5, 0.6) is 0 Å². The van der Waals surface area contributed by atoms with E-state index in [1.807, 2.05) is 6.07 Å². The van der Waals surface area contributed by atoms with Gasteiger partial charge in [-0.1, -0.05) is 121 Å². The highest BCUT2D eigenvalue weighted by Gasteiger charge is 2.57. The minimum absolute atomic E-state index is 0.0563. The number of benzene rings is 6. The van der Waals surface area contributed by atoms with E-state index in [1.165, 1.54) is 60.7 Å². The average Bonchev–Trinajstić information content (AvgIpc) is 3.41. The molecule has 6 aromatic carbocycles. The van der Waals surface area contributed by atoms with Gasteiger partial charge in [-0.2, -0.15) is 0 Å². The molecule has 10 atom stereocenters. The summed E-state index contributed by atoms with van der Waals surface area (Å²) in [5, 5.41) is 22.3. The minimum Gasteiger partial charge on any atom is -0.459 e. The number of hydrogen-bond acceptors (Lipinski definition) is 16. The molecule has 0 amide bonds. The molecular formula is C54H48O16. The highest BCUT2D eigenvalue weighted by Crippen LogP contribution is 2.36. The molecule has 2 aliphatic heterocycles. The summed E-state index contributed by atoms with van der Waals surface area (Å²) in [6.07, 6.45) is -17.1. The van der Waals surface area contributed by atoms with Crippen LogP contribution in [0.15, 0.2) is 182 Å². The first-order valence-electron chi connectivity index (χ1n) is 22.3. The molecule has 2 heterocycles. The molecule has 2 N–H and O–H groups in total. The van der Waals surface area contributed by atoms with Gasteiger partial charge in [-0.05, 0) is 66.2 Å². The first-order valence-corrected chi connectivity index (χ1v) is 22.3. The Morgan fingerprint density at radius 1 is 0.414 bits per heavy atom. The van der Waals surface area contributed by atoms with Gasteiger partial charge in [-0.25, -0.2) is 24.0 Å². The zero-order valence-corrected chi connectivity index (χ0v) is 37.3. The van der Waals surface area contributed by atoms with Crippen molar-refractivity contribution in [3.05, 3.63) is 215 Å². The molecule has 0 saturated carbocycles. The molecule has 8 rings (SSSR count). The molecule has 2 fully saturated rings. The SMILES string of the molecule is O=C(OCC1O[C@@H](OCc2ccccc2)C(OC(=O)c2ccccc2)C(OC(=O)c2ccccc2)[C@@H]1O[C@@H]1OC(CO)[C@H](O)C(OC(=O)c2ccccc2)C1OC(=O)c1ccccc1)c1ccccc1. The third-order valence-corrected chi connectivity index (χ3v) is 11.3. The van der Waals surface area contributed by atoms with E-state index in [-0.39, 0.29) is 34.4 Å². The summed E-state index contributed by atoms with van der Waals surface area (Å²) in [5.74, 6) is -4.47. The predicted molar refractivity (Wildman–Crippen MR) is 246 cm³/mol. The van der Waals surface area contributed by atoms with Crippen molar-refractivity contribution in [3.63, 3.8) is 0 Å². The Hall–Kier alpha value is -7.57. The van der Waals surface area contributed by atoms with E-state index >= 15 is 0 Å². The lowest BCUT2D eigenvalue weighted by molar-refractivity contribution is -0.357. The monoisotopic (exact) mass is 952 g/mol. The van der Waals surface area contributed by atoms with Crippen molar-refractivity contribution >= 4 is 29.8 Å². The Kier molecular flexibility index (Phi) is 16.5. The van der Waals surface area contributed by atoms with Crippen LogP contribution in [0.4, 0.5) is 0 Å². The number of carbonyl (C=O) groups is 5. The summed E-state index contributed by atoms with van der Waals surface area (Å²) >= 11 is 0. The molecule has 0 spiro atoms. The van der Waals surface area contributed by atoms with Gasteiger partial charge in [0.25, 0.3) is 0 Å². The van der Waals surface area contributed by atoms with Gasteiger partial charge in [-0.15, -0.1) is 0 Å². The Morgan fingerprint density at radius 3 is 1.20 bits per heavy atom. The molecule has 16 heteroatoms. The summed E-state index contributed by atoms with van der Waals surface area (Å²) in [5.41, 5.74) is 1.19. The third-order valence-electron chi connectivity index (χ3n) is 11.3. The van der Waals surface area contributed by atoms with Crippen molar-refractivity contribution in [2.75, 3.05) is 13.2 Å². The second-order valence-corrected chi connectivity index (χ2v) is 16.1. The maximum absolute atomic E-state index is 14.3. The van der Waals surface area contributed by atoms with Crippen LogP contribution >= 0.6 is 0 Å². The van der Waals surface area contributed by atoms with Crippen LogP contribution in [-0.4, -0.2) is 115 Å². The van der Waals surface area contributed by atoms with Crippen molar-refractivity contribution in [1.82, 2.24) is 0 Å². The zero-order chi connectivity index (χ0) is 48.8. The highest BCUT2D eigenvalue weighted by molar-refractivity contribution is 5.92. The fourth-order valence-corrected chi connectivity index (χ4v) is 7.77. The van der Waals surface area contributed by atoms with Crippen molar-refractivity contribution in [2.45, 2.75) is 68.0 Å². The number of carbonyl (C=O) groups excluding carboxylic acids is 5. The normalized spacial score (nSPS) is 24.0. The van der Waals surface area contributed by atoms with Crippen LogP contribution in [0.1, 0.15) is 57.4 Å². The van der Waals surface area contributed by atoms with Gasteiger partial charge in [-0.3, -0.25) is 0 Å². The summed E-state index contributed by atoms with van der Waals surface area (Å²) in [7, 11) is 0. The molecule has 360 valence electrons. The Labute approximate surface area is 402 Å². The van der Waals surface area contributed by atoms with Gasteiger partial charge in [0, 0.05) is 0 Å². The molecule has 0 bridgehead atoms. The van der Waals surface area contributed by atoms with Crippen molar-refractivity contribution in [1.29, 1.82) is 0 Å². The van der Waals surface area contributed by atoms with E-state index in [1.54, 1.807) is 115 Å². The Balaban J connectivity index is 1.24. The number of aliphatic hydroxyl groups is 2. The zero-order valence-electron chi connectivity index (χ0n) is 37.3. The molecule has 16 nitrogen and oxygen atoms in total. The number of rotatable bonds is 17. The smallest absolute Gasteiger partial charge is 0.338 e. The van der Waals surface area contributed by atoms with E-state index < -0.39 is 104 Å². The van der Waals surface area contributed by atoms with E-state index in [2.05, 4.69) is 0 Å². The lowest BCUT2D eigenvalue weighted by Gasteiger charge is -2.48. The fourth-order valence-electron chi connectivity index (χ4n) is 7.77. The van der Waals surface area contributed by atoms with Gasteiger partial charge in [0.1, 0.15) is 31.0 Å². The van der Waals surface area contributed by atoms with Crippen molar-refractivity contribution in [2.24, 2.45) is 0 Å². The van der Waals surface area contributed by atoms with Gasteiger partial charge in [0.2, 0.25) is 0 Å². The second-order valence-electron chi connectivity index (χ2n) is 16.1. The maximum Gasteiger partial charge on any atom is 0.338 e. The summed E-state index contributed by atoms with van der Waals surface area (Å²) < 4.78 is 56.1. The highest BCUT2D eigenvalue weighted by atomic mass is 16.8. The molecule has 70 heavy (non-hydrogen) atoms. The van der Waals surface area contributed by atoms with Crippen LogP contribution in [-0.2, 0) is 49.2 Å². The Bertz CT molecular complexity index is 2640. The average molecular weight is 953 g/mol. The topological polar surface area (TPSA) is 209 Å². The van der Waals surface area contributed by atoms with Crippen LogP contribution in [0, 0.1) is 0 Å². The summed E-state index contributed by atoms with van der Waals surface area (Å²) in [6.45, 7) is -1.60. The second kappa shape index (κ2) is 23.6. The quantitative estimate of drug-likeness (QED) is 0.0776. The first-order chi connectivity index (χ1) is 34.2. The third kappa shape index (κ3) is 12.2. The van der Waals surface area contributed by atoms with Crippen LogP contribution in [0.25, 0.3) is 0 Å². The lowest BCUT2D eigenvalue weighted by Crippen LogP contribution is -2.67. The predicted octanol–water partition coefficient (Wildman–Crippen LogP) is 6.15. The van der Waals surface area contributed by atoms with Crippen LogP contribution < -0.4 is 0 Å². The molecular weight excluding hydrogens is 905 g/mol. The molecule has 6 unspecified atom stereocenters. The first kappa shape index (κ1) is 48.9. The van der Waals surface area contributed by atoms with Crippen molar-refractivity contribution < 1.29 is 76.8 Å². The van der Waals surface area contributed by atoms with Gasteiger partial charge < -0.3 is 52.8 Å². The number of aliphatic hydroxyl groups excluding tert-OH is 2. The van der Waals surface area contributed by atoms with Gasteiger partial charge >= 0.3 is 29.8 Å².